The van der Waals surface area contributed by atoms with E-state index in [-0.39, 0.29) is 18.7 Å². The molecule has 84 valence electrons. The van der Waals surface area contributed by atoms with E-state index in [1.54, 1.807) is 7.11 Å². The Kier molecular flexibility index (Phi) is 4.81. The van der Waals surface area contributed by atoms with Crippen LogP contribution in [0.2, 0.25) is 0 Å². The maximum Gasteiger partial charge on any atom is 0.0629 e. The summed E-state index contributed by atoms with van der Waals surface area (Å²) < 4.78 is 5.02. The zero-order valence-corrected chi connectivity index (χ0v) is 9.15. The lowest BCUT2D eigenvalue weighted by Crippen LogP contribution is -2.53. The number of aliphatic hydroxyl groups excluding tert-OH is 1. The van der Waals surface area contributed by atoms with Crippen LogP contribution in [0.4, 0.5) is 0 Å². The molecule has 1 rings (SSSR count). The summed E-state index contributed by atoms with van der Waals surface area (Å²) in [5, 5.41) is 9.32. The van der Waals surface area contributed by atoms with Gasteiger partial charge in [0.05, 0.1) is 19.3 Å². The van der Waals surface area contributed by atoms with Crippen LogP contribution in [0, 0.1) is 0 Å². The molecular formula is C10H22N2O2. The van der Waals surface area contributed by atoms with Crippen molar-refractivity contribution in [2.45, 2.75) is 37.9 Å². The minimum absolute atomic E-state index is 0.0486. The first kappa shape index (κ1) is 11.9. The maximum absolute atomic E-state index is 9.32. The van der Waals surface area contributed by atoms with E-state index in [9.17, 15) is 5.11 Å². The van der Waals surface area contributed by atoms with Crippen LogP contribution in [0.15, 0.2) is 0 Å². The second-order valence-corrected chi connectivity index (χ2v) is 4.10. The van der Waals surface area contributed by atoms with Gasteiger partial charge in [0.1, 0.15) is 0 Å². The molecule has 0 spiro atoms. The summed E-state index contributed by atoms with van der Waals surface area (Å²) in [6.45, 7) is 3.86. The monoisotopic (exact) mass is 202 g/mol. The minimum atomic E-state index is -0.0921. The lowest BCUT2D eigenvalue weighted by Gasteiger charge is -2.33. The highest BCUT2D eigenvalue weighted by Crippen LogP contribution is 2.20. The molecule has 0 bridgehead atoms. The molecule has 4 heteroatoms. The van der Waals surface area contributed by atoms with Gasteiger partial charge in [0.2, 0.25) is 0 Å². The normalized spacial score (nSPS) is 27.9. The van der Waals surface area contributed by atoms with Gasteiger partial charge in [-0.05, 0) is 26.3 Å². The molecule has 1 aliphatic rings. The Bertz CT molecular complexity index is 166. The summed E-state index contributed by atoms with van der Waals surface area (Å²) in [7, 11) is 1.64. The SMILES string of the molecule is COCC(N)C(CO)N1CCCC1C. The van der Waals surface area contributed by atoms with Crippen LogP contribution in [-0.2, 0) is 4.74 Å². The average Bonchev–Trinajstić information content (AvgIpc) is 2.54. The molecule has 1 heterocycles. The molecule has 3 N–H and O–H groups in total. The Hall–Kier alpha value is -0.160. The number of hydrogen-bond acceptors (Lipinski definition) is 4. The van der Waals surface area contributed by atoms with Gasteiger partial charge < -0.3 is 15.6 Å². The van der Waals surface area contributed by atoms with Crippen LogP contribution in [-0.4, -0.2) is 55.0 Å². The topological polar surface area (TPSA) is 58.7 Å². The third kappa shape index (κ3) is 2.67. The molecule has 1 fully saturated rings. The van der Waals surface area contributed by atoms with Crippen molar-refractivity contribution < 1.29 is 9.84 Å². The molecule has 0 aliphatic carbocycles. The first-order valence-electron chi connectivity index (χ1n) is 5.31. The van der Waals surface area contributed by atoms with E-state index in [0.717, 1.165) is 6.54 Å². The van der Waals surface area contributed by atoms with E-state index in [1.165, 1.54) is 12.8 Å². The Morgan fingerprint density at radius 3 is 2.79 bits per heavy atom. The molecule has 0 aromatic carbocycles. The van der Waals surface area contributed by atoms with Gasteiger partial charge in [-0.15, -0.1) is 0 Å². The highest BCUT2D eigenvalue weighted by Gasteiger charge is 2.30. The third-order valence-corrected chi connectivity index (χ3v) is 3.07. The van der Waals surface area contributed by atoms with Gasteiger partial charge in [-0.25, -0.2) is 0 Å². The summed E-state index contributed by atoms with van der Waals surface area (Å²) >= 11 is 0. The van der Waals surface area contributed by atoms with Crippen molar-refractivity contribution in [3.8, 4) is 0 Å². The number of ether oxygens (including phenoxy) is 1. The van der Waals surface area contributed by atoms with E-state index >= 15 is 0 Å². The molecule has 3 unspecified atom stereocenters. The highest BCUT2D eigenvalue weighted by molar-refractivity contribution is 4.88. The number of rotatable bonds is 5. The molecule has 0 amide bonds. The Balaban J connectivity index is 2.51. The van der Waals surface area contributed by atoms with Gasteiger partial charge in [-0.3, -0.25) is 4.90 Å². The smallest absolute Gasteiger partial charge is 0.0629 e. The minimum Gasteiger partial charge on any atom is -0.395 e. The lowest BCUT2D eigenvalue weighted by molar-refractivity contribution is 0.0669. The first-order valence-corrected chi connectivity index (χ1v) is 5.31. The van der Waals surface area contributed by atoms with Gasteiger partial charge in [-0.2, -0.15) is 0 Å². The second kappa shape index (κ2) is 5.66. The number of nitrogens with zero attached hydrogens (tertiary/aromatic N) is 1. The van der Waals surface area contributed by atoms with E-state index in [0.29, 0.717) is 12.6 Å². The van der Waals surface area contributed by atoms with Gasteiger partial charge >= 0.3 is 0 Å². The zero-order valence-electron chi connectivity index (χ0n) is 9.15. The summed E-state index contributed by atoms with van der Waals surface area (Å²) in [6.07, 6.45) is 2.41. The predicted molar refractivity (Wildman–Crippen MR) is 56.1 cm³/mol. The summed E-state index contributed by atoms with van der Waals surface area (Å²) in [6, 6.07) is 0.494. The summed E-state index contributed by atoms with van der Waals surface area (Å²) in [5.74, 6) is 0. The van der Waals surface area contributed by atoms with Crippen molar-refractivity contribution in [3.05, 3.63) is 0 Å². The number of hydrogen-bond donors (Lipinski definition) is 2. The van der Waals surface area contributed by atoms with Gasteiger partial charge in [-0.1, -0.05) is 0 Å². The quantitative estimate of drug-likeness (QED) is 0.648. The molecule has 4 nitrogen and oxygen atoms in total. The molecule has 0 aromatic heterocycles. The van der Waals surface area contributed by atoms with Crippen molar-refractivity contribution in [1.29, 1.82) is 0 Å². The van der Waals surface area contributed by atoms with E-state index in [4.69, 9.17) is 10.5 Å². The van der Waals surface area contributed by atoms with Crippen LogP contribution >= 0.6 is 0 Å². The molecule has 0 radical (unpaired) electrons. The molecule has 1 aliphatic heterocycles. The second-order valence-electron chi connectivity index (χ2n) is 4.10. The third-order valence-electron chi connectivity index (χ3n) is 3.07. The number of nitrogens with two attached hydrogens (primary N) is 1. The van der Waals surface area contributed by atoms with Crippen molar-refractivity contribution in [1.82, 2.24) is 4.90 Å². The Morgan fingerprint density at radius 1 is 1.64 bits per heavy atom. The molecule has 3 atom stereocenters. The standard InChI is InChI=1S/C10H22N2O2/c1-8-4-3-5-12(8)10(6-13)9(11)7-14-2/h8-10,13H,3-7,11H2,1-2H3. The Morgan fingerprint density at radius 2 is 2.36 bits per heavy atom. The number of aliphatic hydroxyl groups is 1. The van der Waals surface area contributed by atoms with E-state index < -0.39 is 0 Å². The van der Waals surface area contributed by atoms with Crippen molar-refractivity contribution >= 4 is 0 Å². The predicted octanol–water partition coefficient (Wildman–Crippen LogP) is -0.195. The summed E-state index contributed by atoms with van der Waals surface area (Å²) in [4.78, 5) is 2.30. The first-order chi connectivity index (χ1) is 6.70. The van der Waals surface area contributed by atoms with Crippen molar-refractivity contribution in [2.24, 2.45) is 5.73 Å². The molecule has 0 saturated carbocycles. The molecule has 0 aromatic rings. The van der Waals surface area contributed by atoms with Gasteiger partial charge in [0, 0.05) is 19.2 Å². The fourth-order valence-electron chi connectivity index (χ4n) is 2.24. The number of methoxy groups -OCH3 is 1. The van der Waals surface area contributed by atoms with Crippen molar-refractivity contribution in [2.75, 3.05) is 26.9 Å². The fourth-order valence-corrected chi connectivity index (χ4v) is 2.24. The van der Waals surface area contributed by atoms with Gasteiger partial charge in [0.25, 0.3) is 0 Å². The lowest BCUT2D eigenvalue weighted by atomic mass is 10.1. The molecule has 1 saturated heterocycles. The van der Waals surface area contributed by atoms with Crippen LogP contribution in [0.5, 0.6) is 0 Å². The molecular weight excluding hydrogens is 180 g/mol. The highest BCUT2D eigenvalue weighted by atomic mass is 16.5. The molecule has 14 heavy (non-hydrogen) atoms. The van der Waals surface area contributed by atoms with E-state index in [1.807, 2.05) is 0 Å². The van der Waals surface area contributed by atoms with E-state index in [2.05, 4.69) is 11.8 Å². The van der Waals surface area contributed by atoms with Crippen LogP contribution in [0.3, 0.4) is 0 Å². The Labute approximate surface area is 86.0 Å². The van der Waals surface area contributed by atoms with Crippen LogP contribution < -0.4 is 5.73 Å². The average molecular weight is 202 g/mol. The maximum atomic E-state index is 9.32. The van der Waals surface area contributed by atoms with Crippen LogP contribution in [0.1, 0.15) is 19.8 Å². The number of likely N-dealkylation sites (tertiary alicyclic amines) is 1. The van der Waals surface area contributed by atoms with Gasteiger partial charge in [0.15, 0.2) is 0 Å². The summed E-state index contributed by atoms with van der Waals surface area (Å²) in [5.41, 5.74) is 5.95. The van der Waals surface area contributed by atoms with Crippen LogP contribution in [0.25, 0.3) is 0 Å². The largest absolute Gasteiger partial charge is 0.395 e. The zero-order chi connectivity index (χ0) is 10.6. The van der Waals surface area contributed by atoms with Crippen molar-refractivity contribution in [3.63, 3.8) is 0 Å². The fraction of sp³-hybridized carbons (Fsp3) is 1.00.